The van der Waals surface area contributed by atoms with Gasteiger partial charge in [-0.3, -0.25) is 9.59 Å². The van der Waals surface area contributed by atoms with Crippen molar-refractivity contribution < 1.29 is 27.4 Å². The van der Waals surface area contributed by atoms with Crippen LogP contribution in [0.15, 0.2) is 47.4 Å². The normalized spacial score (nSPS) is 11.5. The van der Waals surface area contributed by atoms with Crippen molar-refractivity contribution in [3.63, 3.8) is 0 Å². The van der Waals surface area contributed by atoms with E-state index in [0.717, 1.165) is 12.1 Å². The van der Waals surface area contributed by atoms with E-state index in [1.807, 2.05) is 0 Å². The average molecular weight is 434 g/mol. The fraction of sp³-hybridized carbons (Fsp3) is 0.273. The Hall–Kier alpha value is -3.49. The molecule has 1 amide bonds. The van der Waals surface area contributed by atoms with Crippen molar-refractivity contribution in [2.45, 2.75) is 13.1 Å². The van der Waals surface area contributed by atoms with Gasteiger partial charge in [-0.05, 0) is 37.3 Å². The first-order chi connectivity index (χ1) is 14.6. The number of anilines is 1. The van der Waals surface area contributed by atoms with E-state index in [-0.39, 0.29) is 28.7 Å². The molecule has 6 nitrogen and oxygen atoms in total. The second-order valence-corrected chi connectivity index (χ2v) is 6.81. The summed E-state index contributed by atoms with van der Waals surface area (Å²) in [4.78, 5) is 27.3. The predicted molar refractivity (Wildman–Crippen MR) is 111 cm³/mol. The van der Waals surface area contributed by atoms with Crippen LogP contribution in [0.1, 0.15) is 22.8 Å². The number of alkyl halides is 3. The van der Waals surface area contributed by atoms with Crippen LogP contribution in [-0.2, 0) is 13.2 Å². The van der Waals surface area contributed by atoms with Gasteiger partial charge in [-0.25, -0.2) is 0 Å². The standard InChI is InChI=1S/C22H21F3N2O4/c1-5-27(14-8-6-7-13(9-14)22(23,24)25)21(29)17-12-26(2)20(28)16-11-19(31-4)18(30-3)10-15(16)17/h6-12H,5H2,1-4H3. The molecule has 0 radical (unpaired) electrons. The van der Waals surface area contributed by atoms with E-state index in [0.29, 0.717) is 16.9 Å². The van der Waals surface area contributed by atoms with Crippen LogP contribution in [0.25, 0.3) is 10.8 Å². The first-order valence-electron chi connectivity index (χ1n) is 9.36. The lowest BCUT2D eigenvalue weighted by molar-refractivity contribution is -0.137. The molecule has 0 aliphatic carbocycles. The first kappa shape index (κ1) is 22.2. The summed E-state index contributed by atoms with van der Waals surface area (Å²) in [6.07, 6.45) is -3.17. The quantitative estimate of drug-likeness (QED) is 0.603. The van der Waals surface area contributed by atoms with Crippen LogP contribution in [-0.4, -0.2) is 31.2 Å². The van der Waals surface area contributed by atoms with Crippen molar-refractivity contribution in [3.05, 3.63) is 64.1 Å². The van der Waals surface area contributed by atoms with Gasteiger partial charge in [0.15, 0.2) is 11.5 Å². The number of rotatable bonds is 5. The maximum atomic E-state index is 13.4. The minimum atomic E-state index is -4.54. The van der Waals surface area contributed by atoms with Gasteiger partial charge < -0.3 is 18.9 Å². The summed E-state index contributed by atoms with van der Waals surface area (Å²) >= 11 is 0. The molecule has 2 aromatic carbocycles. The van der Waals surface area contributed by atoms with Crippen molar-refractivity contribution in [3.8, 4) is 11.5 Å². The number of aryl methyl sites for hydroxylation is 1. The molecular weight excluding hydrogens is 413 g/mol. The highest BCUT2D eigenvalue weighted by Crippen LogP contribution is 2.34. The summed E-state index contributed by atoms with van der Waals surface area (Å²) in [5.74, 6) is 0.0935. The van der Waals surface area contributed by atoms with Gasteiger partial charge >= 0.3 is 6.18 Å². The van der Waals surface area contributed by atoms with Gasteiger partial charge in [-0.1, -0.05) is 6.07 Å². The number of amides is 1. The number of hydrogen-bond donors (Lipinski definition) is 0. The highest BCUT2D eigenvalue weighted by atomic mass is 19.4. The van der Waals surface area contributed by atoms with Crippen LogP contribution in [0.3, 0.4) is 0 Å². The van der Waals surface area contributed by atoms with Gasteiger partial charge in [0.2, 0.25) is 0 Å². The maximum Gasteiger partial charge on any atom is 0.416 e. The summed E-state index contributed by atoms with van der Waals surface area (Å²) in [5, 5.41) is 0.544. The van der Waals surface area contributed by atoms with Gasteiger partial charge in [0.25, 0.3) is 11.5 Å². The van der Waals surface area contributed by atoms with Crippen molar-refractivity contribution in [1.82, 2.24) is 4.57 Å². The monoisotopic (exact) mass is 434 g/mol. The van der Waals surface area contributed by atoms with Crippen molar-refractivity contribution in [2.75, 3.05) is 25.7 Å². The summed E-state index contributed by atoms with van der Waals surface area (Å²) in [6, 6.07) is 7.55. The number of ether oxygens (including phenoxy) is 2. The van der Waals surface area contributed by atoms with Crippen LogP contribution in [0.2, 0.25) is 0 Å². The number of methoxy groups -OCH3 is 2. The SMILES string of the molecule is CCN(C(=O)c1cn(C)c(=O)c2cc(OC)c(OC)cc12)c1cccc(C(F)(F)F)c1. The Kier molecular flexibility index (Phi) is 5.97. The van der Waals surface area contributed by atoms with Crippen LogP contribution in [0.4, 0.5) is 18.9 Å². The average Bonchev–Trinajstić information content (AvgIpc) is 2.75. The van der Waals surface area contributed by atoms with E-state index in [9.17, 15) is 22.8 Å². The zero-order valence-electron chi connectivity index (χ0n) is 17.4. The molecule has 9 heteroatoms. The number of fused-ring (bicyclic) bond motifs is 1. The number of carbonyl (C=O) groups is 1. The summed E-state index contributed by atoms with van der Waals surface area (Å²) in [7, 11) is 4.35. The highest BCUT2D eigenvalue weighted by molar-refractivity contribution is 6.14. The lowest BCUT2D eigenvalue weighted by Crippen LogP contribution is -2.32. The molecule has 0 aliphatic rings. The zero-order chi connectivity index (χ0) is 22.9. The fourth-order valence-corrected chi connectivity index (χ4v) is 3.40. The summed E-state index contributed by atoms with van der Waals surface area (Å²) in [6.45, 7) is 1.78. The van der Waals surface area contributed by atoms with E-state index in [2.05, 4.69) is 0 Å². The Labute approximate surface area is 176 Å². The third-order valence-electron chi connectivity index (χ3n) is 4.96. The van der Waals surface area contributed by atoms with E-state index < -0.39 is 17.6 Å². The molecule has 1 heterocycles. The van der Waals surface area contributed by atoms with Gasteiger partial charge in [0.05, 0.1) is 30.7 Å². The Morgan fingerprint density at radius 3 is 2.23 bits per heavy atom. The third kappa shape index (κ3) is 4.08. The molecule has 0 bridgehead atoms. The van der Waals surface area contributed by atoms with Gasteiger partial charge in [-0.2, -0.15) is 13.2 Å². The van der Waals surface area contributed by atoms with Crippen LogP contribution in [0, 0.1) is 0 Å². The largest absolute Gasteiger partial charge is 0.493 e. The lowest BCUT2D eigenvalue weighted by Gasteiger charge is -2.23. The zero-order valence-corrected chi connectivity index (χ0v) is 17.4. The minimum Gasteiger partial charge on any atom is -0.493 e. The molecule has 3 rings (SSSR count). The van der Waals surface area contributed by atoms with Gasteiger partial charge in [0, 0.05) is 30.9 Å². The molecule has 0 N–H and O–H groups in total. The minimum absolute atomic E-state index is 0.102. The topological polar surface area (TPSA) is 60.8 Å². The van der Waals surface area contributed by atoms with Crippen LogP contribution in [0.5, 0.6) is 11.5 Å². The summed E-state index contributed by atoms with van der Waals surface area (Å²) < 4.78 is 51.2. The van der Waals surface area contributed by atoms with Crippen LogP contribution >= 0.6 is 0 Å². The first-order valence-corrected chi connectivity index (χ1v) is 9.36. The molecule has 1 aromatic heterocycles. The number of aromatic nitrogens is 1. The van der Waals surface area contributed by atoms with Gasteiger partial charge in [-0.15, -0.1) is 0 Å². The predicted octanol–water partition coefficient (Wildman–Crippen LogP) is 4.24. The molecule has 0 spiro atoms. The molecule has 0 aliphatic heterocycles. The van der Waals surface area contributed by atoms with E-state index in [1.165, 1.54) is 61.2 Å². The molecule has 0 unspecified atom stereocenters. The smallest absolute Gasteiger partial charge is 0.416 e. The van der Waals surface area contributed by atoms with Crippen molar-refractivity contribution in [1.29, 1.82) is 0 Å². The molecule has 0 fully saturated rings. The molecule has 0 atom stereocenters. The number of pyridine rings is 1. The Balaban J connectivity index is 2.21. The number of carbonyl (C=O) groups excluding carboxylic acids is 1. The summed E-state index contributed by atoms with van der Waals surface area (Å²) in [5.41, 5.74) is -0.954. The highest BCUT2D eigenvalue weighted by Gasteiger charge is 2.31. The van der Waals surface area contributed by atoms with Crippen LogP contribution < -0.4 is 19.9 Å². The number of hydrogen-bond acceptors (Lipinski definition) is 4. The lowest BCUT2D eigenvalue weighted by atomic mass is 10.0. The van der Waals surface area contributed by atoms with Gasteiger partial charge in [0.1, 0.15) is 0 Å². The Morgan fingerprint density at radius 2 is 1.68 bits per heavy atom. The second kappa shape index (κ2) is 8.33. The molecule has 164 valence electrons. The van der Waals surface area contributed by atoms with E-state index in [1.54, 1.807) is 6.92 Å². The Bertz CT molecular complexity index is 1200. The molecule has 31 heavy (non-hydrogen) atoms. The number of nitrogens with zero attached hydrogens (tertiary/aromatic N) is 2. The fourth-order valence-electron chi connectivity index (χ4n) is 3.40. The Morgan fingerprint density at radius 1 is 1.06 bits per heavy atom. The molecule has 0 saturated carbocycles. The number of halogens is 3. The third-order valence-corrected chi connectivity index (χ3v) is 4.96. The molecule has 0 saturated heterocycles. The van der Waals surface area contributed by atoms with Crippen molar-refractivity contribution >= 4 is 22.4 Å². The second-order valence-electron chi connectivity index (χ2n) is 6.81. The maximum absolute atomic E-state index is 13.4. The van der Waals surface area contributed by atoms with E-state index >= 15 is 0 Å². The molecular formula is C22H21F3N2O4. The molecule has 3 aromatic rings. The van der Waals surface area contributed by atoms with Crippen molar-refractivity contribution in [2.24, 2.45) is 7.05 Å². The number of benzene rings is 2. The van der Waals surface area contributed by atoms with E-state index in [4.69, 9.17) is 9.47 Å².